The molecule has 3 fully saturated rings. The quantitative estimate of drug-likeness (QED) is 0.511. The standard InChI is InChI=1S/C29H34N4O2/c1-3-7-20(8-4-1)17-31-25-18-34-28-26(19-35-27(25)28)33-29-30-16-15-24(32-29)23-13-11-22(12-14-23)21-9-5-2-6-10-21/h2,5-6,9-16,20,25-28,31H,1,3-4,7-8,17-19H2,(H,30,32,33)/t25-,26-,27+,28+/m0/s1. The minimum Gasteiger partial charge on any atom is -0.371 e. The number of rotatable bonds is 7. The summed E-state index contributed by atoms with van der Waals surface area (Å²) in [5.41, 5.74) is 4.38. The Morgan fingerprint density at radius 2 is 1.43 bits per heavy atom. The normalized spacial score (nSPS) is 26.5. The van der Waals surface area contributed by atoms with Crippen LogP contribution in [0, 0.1) is 5.92 Å². The van der Waals surface area contributed by atoms with Crippen molar-refractivity contribution >= 4 is 5.95 Å². The van der Waals surface area contributed by atoms with Gasteiger partial charge >= 0.3 is 0 Å². The molecule has 2 saturated heterocycles. The number of nitrogens with one attached hydrogen (secondary N) is 2. The van der Waals surface area contributed by atoms with E-state index in [4.69, 9.17) is 14.5 Å². The molecule has 3 heterocycles. The van der Waals surface area contributed by atoms with E-state index < -0.39 is 0 Å². The van der Waals surface area contributed by atoms with Crippen LogP contribution in [0.25, 0.3) is 22.4 Å². The fraction of sp³-hybridized carbons (Fsp3) is 0.448. The Bertz CT molecular complexity index is 1100. The highest BCUT2D eigenvalue weighted by atomic mass is 16.6. The van der Waals surface area contributed by atoms with Crippen LogP contribution in [0.4, 0.5) is 5.95 Å². The van der Waals surface area contributed by atoms with Gasteiger partial charge in [-0.15, -0.1) is 0 Å². The van der Waals surface area contributed by atoms with Gasteiger partial charge in [-0.2, -0.15) is 0 Å². The first-order chi connectivity index (χ1) is 17.3. The van der Waals surface area contributed by atoms with Crippen LogP contribution in [0.5, 0.6) is 0 Å². The lowest BCUT2D eigenvalue weighted by molar-refractivity contribution is 0.0671. The van der Waals surface area contributed by atoms with Gasteiger partial charge in [-0.1, -0.05) is 73.9 Å². The second-order valence-electron chi connectivity index (χ2n) is 10.1. The first kappa shape index (κ1) is 22.7. The van der Waals surface area contributed by atoms with Gasteiger partial charge in [-0.3, -0.25) is 0 Å². The summed E-state index contributed by atoms with van der Waals surface area (Å²) >= 11 is 0. The van der Waals surface area contributed by atoms with Gasteiger partial charge in [0.2, 0.25) is 5.95 Å². The monoisotopic (exact) mass is 470 g/mol. The Morgan fingerprint density at radius 3 is 2.23 bits per heavy atom. The summed E-state index contributed by atoms with van der Waals surface area (Å²) in [4.78, 5) is 9.27. The Balaban J connectivity index is 1.08. The van der Waals surface area contributed by atoms with E-state index in [9.17, 15) is 0 Å². The molecule has 1 saturated carbocycles. The summed E-state index contributed by atoms with van der Waals surface area (Å²) in [5.74, 6) is 1.42. The summed E-state index contributed by atoms with van der Waals surface area (Å²) in [7, 11) is 0. The molecular formula is C29H34N4O2. The third kappa shape index (κ3) is 5.10. The van der Waals surface area contributed by atoms with Crippen molar-refractivity contribution in [3.05, 3.63) is 66.9 Å². The lowest BCUT2D eigenvalue weighted by Crippen LogP contribution is -2.44. The third-order valence-corrected chi connectivity index (χ3v) is 7.70. The molecule has 1 aromatic heterocycles. The van der Waals surface area contributed by atoms with Crippen molar-refractivity contribution in [1.82, 2.24) is 15.3 Å². The van der Waals surface area contributed by atoms with Crippen LogP contribution >= 0.6 is 0 Å². The zero-order chi connectivity index (χ0) is 23.5. The fourth-order valence-corrected chi connectivity index (χ4v) is 5.73. The molecule has 0 spiro atoms. The van der Waals surface area contributed by atoms with Gasteiger partial charge in [0.05, 0.1) is 31.0 Å². The molecule has 2 aromatic carbocycles. The summed E-state index contributed by atoms with van der Waals surface area (Å²) in [6.45, 7) is 2.39. The van der Waals surface area contributed by atoms with Crippen molar-refractivity contribution < 1.29 is 9.47 Å². The smallest absolute Gasteiger partial charge is 0.223 e. The number of ether oxygens (including phenoxy) is 2. The number of hydrogen-bond acceptors (Lipinski definition) is 6. The Hall–Kier alpha value is -2.80. The molecule has 4 atom stereocenters. The number of anilines is 1. The summed E-state index contributed by atoms with van der Waals surface area (Å²) in [5, 5.41) is 7.23. The average molecular weight is 471 g/mol. The van der Waals surface area contributed by atoms with Gasteiger partial charge in [0.1, 0.15) is 12.2 Å². The second kappa shape index (κ2) is 10.4. The second-order valence-corrected chi connectivity index (χ2v) is 10.1. The predicted molar refractivity (Wildman–Crippen MR) is 138 cm³/mol. The largest absolute Gasteiger partial charge is 0.371 e. The minimum atomic E-state index is 0.0243. The molecule has 0 radical (unpaired) electrons. The van der Waals surface area contributed by atoms with Gasteiger partial charge in [-0.25, -0.2) is 9.97 Å². The highest BCUT2D eigenvalue weighted by Crippen LogP contribution is 2.30. The first-order valence-electron chi connectivity index (χ1n) is 13.1. The third-order valence-electron chi connectivity index (χ3n) is 7.70. The van der Waals surface area contributed by atoms with E-state index in [1.165, 1.54) is 43.2 Å². The molecule has 0 unspecified atom stereocenters. The Kier molecular flexibility index (Phi) is 6.76. The van der Waals surface area contributed by atoms with E-state index >= 15 is 0 Å². The predicted octanol–water partition coefficient (Wildman–Crippen LogP) is 4.93. The molecular weight excluding hydrogens is 436 g/mol. The average Bonchev–Trinajstić information content (AvgIpc) is 3.52. The molecule has 3 aliphatic rings. The molecule has 2 aliphatic heterocycles. The lowest BCUT2D eigenvalue weighted by Gasteiger charge is -2.25. The molecule has 3 aromatic rings. The molecule has 0 amide bonds. The molecule has 182 valence electrons. The van der Waals surface area contributed by atoms with Crippen LogP contribution in [0.15, 0.2) is 66.9 Å². The molecule has 6 nitrogen and oxygen atoms in total. The van der Waals surface area contributed by atoms with Crippen LogP contribution in [0.2, 0.25) is 0 Å². The van der Waals surface area contributed by atoms with Crippen molar-refractivity contribution in [2.24, 2.45) is 5.92 Å². The van der Waals surface area contributed by atoms with Gasteiger partial charge < -0.3 is 20.1 Å². The van der Waals surface area contributed by atoms with Crippen LogP contribution < -0.4 is 10.6 Å². The van der Waals surface area contributed by atoms with Crippen LogP contribution in [0.3, 0.4) is 0 Å². The van der Waals surface area contributed by atoms with Gasteiger partial charge in [0, 0.05) is 11.8 Å². The highest BCUT2D eigenvalue weighted by molar-refractivity contribution is 5.69. The van der Waals surface area contributed by atoms with E-state index in [0.29, 0.717) is 19.2 Å². The zero-order valence-corrected chi connectivity index (χ0v) is 20.1. The maximum atomic E-state index is 6.18. The molecule has 0 bridgehead atoms. The molecule has 35 heavy (non-hydrogen) atoms. The SMILES string of the molecule is c1ccc(-c2ccc(-c3ccnc(N[C@H]4CO[C@H]5[C@@H]4OC[C@@H]5NCC4CCCCC4)n3)cc2)cc1. The van der Waals surface area contributed by atoms with Gasteiger partial charge in [0.25, 0.3) is 0 Å². The lowest BCUT2D eigenvalue weighted by atomic mass is 9.89. The van der Waals surface area contributed by atoms with Crippen LogP contribution in [-0.4, -0.2) is 54.0 Å². The topological polar surface area (TPSA) is 68.3 Å². The number of hydrogen-bond donors (Lipinski definition) is 2. The number of fused-ring (bicyclic) bond motifs is 1. The number of aromatic nitrogens is 2. The van der Waals surface area contributed by atoms with Gasteiger partial charge in [-0.05, 0) is 42.5 Å². The minimum absolute atomic E-state index is 0.0243. The summed E-state index contributed by atoms with van der Waals surface area (Å²) in [6.07, 6.45) is 8.77. The molecule has 6 heteroatoms. The van der Waals surface area contributed by atoms with Crippen molar-refractivity contribution in [2.75, 3.05) is 25.1 Å². The highest BCUT2D eigenvalue weighted by Gasteiger charge is 2.47. The fourth-order valence-electron chi connectivity index (χ4n) is 5.73. The van der Waals surface area contributed by atoms with Crippen LogP contribution in [-0.2, 0) is 9.47 Å². The number of benzene rings is 2. The maximum Gasteiger partial charge on any atom is 0.223 e. The maximum absolute atomic E-state index is 6.18. The van der Waals surface area contributed by atoms with E-state index in [1.54, 1.807) is 0 Å². The van der Waals surface area contributed by atoms with E-state index in [2.05, 4.69) is 64.1 Å². The zero-order valence-electron chi connectivity index (χ0n) is 20.1. The number of nitrogens with zero attached hydrogens (tertiary/aromatic N) is 2. The van der Waals surface area contributed by atoms with Gasteiger partial charge in [0.15, 0.2) is 0 Å². The Labute approximate surface area is 207 Å². The van der Waals surface area contributed by atoms with Crippen LogP contribution in [0.1, 0.15) is 32.1 Å². The molecule has 1 aliphatic carbocycles. The summed E-state index contributed by atoms with van der Waals surface area (Å²) < 4.78 is 12.4. The van der Waals surface area contributed by atoms with E-state index in [-0.39, 0.29) is 24.3 Å². The first-order valence-corrected chi connectivity index (χ1v) is 13.1. The molecule has 6 rings (SSSR count). The van der Waals surface area contributed by atoms with E-state index in [1.807, 2.05) is 18.3 Å². The van der Waals surface area contributed by atoms with Crippen molar-refractivity contribution in [1.29, 1.82) is 0 Å². The van der Waals surface area contributed by atoms with Crippen molar-refractivity contribution in [2.45, 2.75) is 56.4 Å². The van der Waals surface area contributed by atoms with E-state index in [0.717, 1.165) is 23.7 Å². The van der Waals surface area contributed by atoms with Crippen molar-refractivity contribution in [3.8, 4) is 22.4 Å². The van der Waals surface area contributed by atoms with Crippen molar-refractivity contribution in [3.63, 3.8) is 0 Å². The Morgan fingerprint density at radius 1 is 0.743 bits per heavy atom. The summed E-state index contributed by atoms with van der Waals surface area (Å²) in [6, 6.07) is 21.2. The molecule has 2 N–H and O–H groups in total.